The van der Waals surface area contributed by atoms with Gasteiger partial charge in [-0.2, -0.15) is 0 Å². The Morgan fingerprint density at radius 1 is 0.489 bits per heavy atom. The van der Waals surface area contributed by atoms with E-state index in [4.69, 9.17) is 29.2 Å². The van der Waals surface area contributed by atoms with E-state index >= 15 is 0 Å². The summed E-state index contributed by atoms with van der Waals surface area (Å²) in [7, 11) is 1.62. The lowest BCUT2D eigenvalue weighted by molar-refractivity contribution is -0.139. The van der Waals surface area contributed by atoms with Crippen molar-refractivity contribution < 1.29 is 48.3 Å². The summed E-state index contributed by atoms with van der Waals surface area (Å²) in [5, 5.41) is 26.0. The van der Waals surface area contributed by atoms with Gasteiger partial charge in [0.2, 0.25) is 11.8 Å². The summed E-state index contributed by atoms with van der Waals surface area (Å²) in [5.74, 6) is -1.58. The van der Waals surface area contributed by atoms with Gasteiger partial charge in [-0.25, -0.2) is 0 Å². The molecule has 13 nitrogen and oxygen atoms in total. The average Bonchev–Trinajstić information content (AvgIpc) is 3.04. The molecule has 0 radical (unpaired) electrons. The first-order chi connectivity index (χ1) is 22.9. The van der Waals surface area contributed by atoms with Crippen LogP contribution < -0.4 is 16.0 Å². The molecule has 0 bridgehead atoms. The van der Waals surface area contributed by atoms with Crippen molar-refractivity contribution in [1.82, 2.24) is 16.0 Å². The van der Waals surface area contributed by atoms with E-state index in [9.17, 15) is 19.2 Å². The Hall–Kier alpha value is -2.32. The molecule has 0 aromatic carbocycles. The van der Waals surface area contributed by atoms with Crippen LogP contribution in [0.3, 0.4) is 0 Å². The fraction of sp³-hybridized carbons (Fsp3) is 0.882. The number of carboxylic acids is 2. The molecular formula is C34H65N3O10. The van der Waals surface area contributed by atoms with Crippen LogP contribution in [0.4, 0.5) is 0 Å². The average molecular weight is 676 g/mol. The van der Waals surface area contributed by atoms with Crippen molar-refractivity contribution in [3.8, 4) is 0 Å². The van der Waals surface area contributed by atoms with Crippen LogP contribution in [0.15, 0.2) is 0 Å². The highest BCUT2D eigenvalue weighted by Gasteiger charge is 2.13. The van der Waals surface area contributed by atoms with Crippen molar-refractivity contribution in [2.24, 2.45) is 0 Å². The molecule has 47 heavy (non-hydrogen) atoms. The number of ether oxygens (including phenoxy) is 4. The first-order valence-electron chi connectivity index (χ1n) is 17.8. The predicted octanol–water partition coefficient (Wildman–Crippen LogP) is 4.06. The molecule has 13 heteroatoms. The number of likely N-dealkylation sites (N-methyl/N-ethyl adjacent to an activating group) is 1. The van der Waals surface area contributed by atoms with Gasteiger partial charge in [-0.1, -0.05) is 64.2 Å². The lowest BCUT2D eigenvalue weighted by Crippen LogP contribution is -2.34. The van der Waals surface area contributed by atoms with Gasteiger partial charge in [-0.05, 0) is 39.2 Å². The molecule has 0 aliphatic heterocycles. The van der Waals surface area contributed by atoms with Crippen LogP contribution in [0, 0.1) is 0 Å². The Morgan fingerprint density at radius 3 is 1.40 bits per heavy atom. The number of nitrogens with one attached hydrogen (secondary N) is 3. The lowest BCUT2D eigenvalue weighted by atomic mass is 10.0. The molecule has 2 amide bonds. The monoisotopic (exact) mass is 675 g/mol. The summed E-state index contributed by atoms with van der Waals surface area (Å²) >= 11 is 0. The van der Waals surface area contributed by atoms with E-state index in [1.165, 1.54) is 44.9 Å². The van der Waals surface area contributed by atoms with E-state index in [0.717, 1.165) is 44.9 Å². The number of hydrogen-bond acceptors (Lipinski definition) is 9. The second-order valence-corrected chi connectivity index (χ2v) is 11.7. The quantitative estimate of drug-likeness (QED) is 0.0599. The minimum Gasteiger partial charge on any atom is -0.481 e. The fourth-order valence-electron chi connectivity index (χ4n) is 4.79. The molecule has 0 aliphatic rings. The smallest absolute Gasteiger partial charge is 0.320 e. The predicted molar refractivity (Wildman–Crippen MR) is 181 cm³/mol. The van der Waals surface area contributed by atoms with Crippen molar-refractivity contribution in [2.75, 3.05) is 73.0 Å². The Balaban J connectivity index is 3.27. The largest absolute Gasteiger partial charge is 0.481 e. The molecule has 0 saturated carbocycles. The molecule has 0 rings (SSSR count). The number of amides is 2. The Morgan fingerprint density at radius 2 is 0.915 bits per heavy atom. The molecule has 0 heterocycles. The first-order valence-corrected chi connectivity index (χ1v) is 17.8. The summed E-state index contributed by atoms with van der Waals surface area (Å²) in [6, 6.07) is -0.551. The van der Waals surface area contributed by atoms with Crippen molar-refractivity contribution in [1.29, 1.82) is 0 Å². The zero-order chi connectivity index (χ0) is 34.6. The van der Waals surface area contributed by atoms with Crippen LogP contribution >= 0.6 is 0 Å². The van der Waals surface area contributed by atoms with Crippen LogP contribution in [0.1, 0.15) is 116 Å². The number of carboxylic acid groups (broad SMARTS) is 2. The molecule has 0 aromatic rings. The van der Waals surface area contributed by atoms with Crippen LogP contribution in [0.25, 0.3) is 0 Å². The molecule has 276 valence electrons. The topological polar surface area (TPSA) is 182 Å². The van der Waals surface area contributed by atoms with E-state index in [1.54, 1.807) is 7.05 Å². The van der Waals surface area contributed by atoms with E-state index < -0.39 is 18.0 Å². The van der Waals surface area contributed by atoms with Gasteiger partial charge in [0.15, 0.2) is 0 Å². The number of unbranched alkanes of at least 4 members (excludes halogenated alkanes) is 12. The number of carbonyl (C=O) groups is 4. The maximum absolute atomic E-state index is 11.9. The van der Waals surface area contributed by atoms with Crippen LogP contribution in [0.2, 0.25) is 0 Å². The molecule has 0 aliphatic carbocycles. The maximum Gasteiger partial charge on any atom is 0.320 e. The summed E-state index contributed by atoms with van der Waals surface area (Å²) in [5.41, 5.74) is 0. The zero-order valence-corrected chi connectivity index (χ0v) is 29.0. The summed E-state index contributed by atoms with van der Waals surface area (Å²) < 4.78 is 21.8. The maximum atomic E-state index is 11.9. The Bertz CT molecular complexity index is 772. The van der Waals surface area contributed by atoms with Crippen LogP contribution in [0.5, 0.6) is 0 Å². The minimum absolute atomic E-state index is 0.0718. The number of carbonyl (C=O) groups excluding carboxylic acids is 2. The Labute approximate surface area is 282 Å². The third kappa shape index (κ3) is 34.8. The van der Waals surface area contributed by atoms with Gasteiger partial charge >= 0.3 is 11.9 Å². The molecule has 0 aromatic heterocycles. The fourth-order valence-corrected chi connectivity index (χ4v) is 4.79. The van der Waals surface area contributed by atoms with Gasteiger partial charge in [0.25, 0.3) is 0 Å². The molecule has 0 fully saturated rings. The van der Waals surface area contributed by atoms with E-state index in [2.05, 4.69) is 16.0 Å². The number of aliphatic carboxylic acids is 2. The summed E-state index contributed by atoms with van der Waals surface area (Å²) in [6.45, 7) is 4.38. The lowest BCUT2D eigenvalue weighted by Gasteiger charge is -2.11. The third-order valence-electron chi connectivity index (χ3n) is 7.59. The van der Waals surface area contributed by atoms with Crippen molar-refractivity contribution in [3.05, 3.63) is 0 Å². The highest BCUT2D eigenvalue weighted by molar-refractivity contribution is 5.76. The van der Waals surface area contributed by atoms with Gasteiger partial charge in [0, 0.05) is 32.4 Å². The SMILES string of the molecule is CN[C@@H](CCCCNC(=O)CCOCCOCCOCCOCCNC(=O)CCCCCCCCCCCCCCC(=O)O)C(=O)O. The molecule has 0 saturated heterocycles. The molecule has 0 spiro atoms. The third-order valence-corrected chi connectivity index (χ3v) is 7.59. The first kappa shape index (κ1) is 44.7. The van der Waals surface area contributed by atoms with Crippen LogP contribution in [-0.4, -0.2) is 113 Å². The Kier molecular flexibility index (Phi) is 33.3. The highest BCUT2D eigenvalue weighted by Crippen LogP contribution is 2.13. The molecule has 5 N–H and O–H groups in total. The number of hydrogen-bond donors (Lipinski definition) is 5. The van der Waals surface area contributed by atoms with Gasteiger partial charge in [-0.15, -0.1) is 0 Å². The van der Waals surface area contributed by atoms with Gasteiger partial charge in [-0.3, -0.25) is 19.2 Å². The summed E-state index contributed by atoms with van der Waals surface area (Å²) in [4.78, 5) is 45.1. The molecular weight excluding hydrogens is 610 g/mol. The molecule has 1 atom stereocenters. The van der Waals surface area contributed by atoms with E-state index in [1.807, 2.05) is 0 Å². The van der Waals surface area contributed by atoms with Crippen molar-refractivity contribution in [2.45, 2.75) is 122 Å². The van der Waals surface area contributed by atoms with Crippen molar-refractivity contribution >= 4 is 23.8 Å². The standard InChI is InChI=1S/C34H65N3O10/c1-35-30(34(42)43)16-14-15-20-36-32(39)19-22-44-24-26-46-28-29-47-27-25-45-23-21-37-31(38)17-12-10-8-6-4-2-3-5-7-9-11-13-18-33(40)41/h30,35H,2-29H2,1H3,(H,36,39)(H,37,38)(H,40,41)(H,42,43)/t30-/m0/s1. The zero-order valence-electron chi connectivity index (χ0n) is 29.0. The van der Waals surface area contributed by atoms with Crippen molar-refractivity contribution in [3.63, 3.8) is 0 Å². The van der Waals surface area contributed by atoms with Gasteiger partial charge in [0.1, 0.15) is 6.04 Å². The second-order valence-electron chi connectivity index (χ2n) is 11.7. The van der Waals surface area contributed by atoms with E-state index in [0.29, 0.717) is 85.2 Å². The highest BCUT2D eigenvalue weighted by atomic mass is 16.6. The summed E-state index contributed by atoms with van der Waals surface area (Å²) in [6.07, 6.45) is 16.6. The van der Waals surface area contributed by atoms with E-state index in [-0.39, 0.29) is 18.2 Å². The van der Waals surface area contributed by atoms with Gasteiger partial charge in [0.05, 0.1) is 52.9 Å². The van der Waals surface area contributed by atoms with Crippen LogP contribution in [-0.2, 0) is 38.1 Å². The second kappa shape index (κ2) is 35.0. The normalized spacial score (nSPS) is 11.8. The molecule has 0 unspecified atom stereocenters. The minimum atomic E-state index is -0.863. The number of rotatable bonds is 37. The van der Waals surface area contributed by atoms with Gasteiger partial charge < -0.3 is 45.1 Å².